The molecule has 1 heterocycles. The van der Waals surface area contributed by atoms with Crippen molar-refractivity contribution in [3.8, 4) is 0 Å². The van der Waals surface area contributed by atoms with E-state index in [0.29, 0.717) is 11.6 Å². The van der Waals surface area contributed by atoms with E-state index in [4.69, 9.17) is 10.8 Å². The van der Waals surface area contributed by atoms with E-state index < -0.39 is 18.0 Å². The summed E-state index contributed by atoms with van der Waals surface area (Å²) in [4.78, 5) is 22.1. The SMILES string of the molecule is NC(=O)C1CSCN1C(=O)O. The number of carbonyl (C=O) groups is 2. The van der Waals surface area contributed by atoms with Crippen molar-refractivity contribution < 1.29 is 14.7 Å². The van der Waals surface area contributed by atoms with Crippen molar-refractivity contribution in [2.75, 3.05) is 11.6 Å². The van der Waals surface area contributed by atoms with Crippen LogP contribution in [0.4, 0.5) is 4.79 Å². The summed E-state index contributed by atoms with van der Waals surface area (Å²) in [6.07, 6.45) is -1.08. The highest BCUT2D eigenvalue weighted by molar-refractivity contribution is 7.99. The molecule has 1 atom stereocenters. The van der Waals surface area contributed by atoms with Gasteiger partial charge in [-0.25, -0.2) is 4.79 Å². The molecule has 0 spiro atoms. The molecule has 1 unspecified atom stereocenters. The maximum absolute atomic E-state index is 10.6. The first-order valence-electron chi connectivity index (χ1n) is 2.99. The first-order valence-corrected chi connectivity index (χ1v) is 4.15. The minimum absolute atomic E-state index is 0.336. The Morgan fingerprint density at radius 2 is 2.27 bits per heavy atom. The second kappa shape index (κ2) is 3.00. The van der Waals surface area contributed by atoms with E-state index in [1.165, 1.54) is 11.8 Å². The van der Waals surface area contributed by atoms with Crippen LogP contribution in [-0.4, -0.2) is 39.7 Å². The van der Waals surface area contributed by atoms with Crippen LogP contribution >= 0.6 is 11.8 Å². The van der Waals surface area contributed by atoms with Gasteiger partial charge in [0.2, 0.25) is 5.91 Å². The average Bonchev–Trinajstić information content (AvgIpc) is 2.32. The molecule has 62 valence electrons. The summed E-state index contributed by atoms with van der Waals surface area (Å²) in [6.45, 7) is 0. The standard InChI is InChI=1S/C5H8N2O3S/c6-4(8)3-1-11-2-7(3)5(9)10/h3H,1-2H2,(H2,6,8)(H,9,10). The Morgan fingerprint density at radius 1 is 1.64 bits per heavy atom. The van der Waals surface area contributed by atoms with Gasteiger partial charge in [-0.3, -0.25) is 9.69 Å². The molecular formula is C5H8N2O3S. The van der Waals surface area contributed by atoms with E-state index in [-0.39, 0.29) is 0 Å². The molecule has 1 fully saturated rings. The van der Waals surface area contributed by atoms with Crippen molar-refractivity contribution in [3.63, 3.8) is 0 Å². The Bertz CT molecular complexity index is 176. The Hall–Kier alpha value is -0.910. The summed E-state index contributed by atoms with van der Waals surface area (Å²) in [6, 6.07) is -0.641. The van der Waals surface area contributed by atoms with Gasteiger partial charge in [-0.05, 0) is 0 Å². The number of nitrogens with two attached hydrogens (primary N) is 1. The van der Waals surface area contributed by atoms with Gasteiger partial charge in [-0.1, -0.05) is 0 Å². The lowest BCUT2D eigenvalue weighted by molar-refractivity contribution is -0.121. The van der Waals surface area contributed by atoms with Gasteiger partial charge in [-0.2, -0.15) is 0 Å². The highest BCUT2D eigenvalue weighted by Gasteiger charge is 2.32. The van der Waals surface area contributed by atoms with Crippen LogP contribution in [0, 0.1) is 0 Å². The molecule has 3 N–H and O–H groups in total. The average molecular weight is 176 g/mol. The molecule has 1 saturated heterocycles. The van der Waals surface area contributed by atoms with E-state index in [2.05, 4.69) is 0 Å². The minimum Gasteiger partial charge on any atom is -0.465 e. The van der Waals surface area contributed by atoms with Crippen molar-refractivity contribution >= 4 is 23.8 Å². The smallest absolute Gasteiger partial charge is 0.408 e. The lowest BCUT2D eigenvalue weighted by Crippen LogP contribution is -2.44. The van der Waals surface area contributed by atoms with E-state index in [1.54, 1.807) is 0 Å². The molecule has 0 saturated carbocycles. The van der Waals surface area contributed by atoms with Crippen LogP contribution in [0.3, 0.4) is 0 Å². The lowest BCUT2D eigenvalue weighted by Gasteiger charge is -2.16. The van der Waals surface area contributed by atoms with Gasteiger partial charge in [0.05, 0.1) is 5.88 Å². The number of thioether (sulfide) groups is 1. The first-order chi connectivity index (χ1) is 5.13. The molecule has 2 amide bonds. The highest BCUT2D eigenvalue weighted by Crippen LogP contribution is 2.19. The predicted octanol–water partition coefficient (Wildman–Crippen LogP) is -0.475. The van der Waals surface area contributed by atoms with Crippen molar-refractivity contribution in [3.05, 3.63) is 0 Å². The van der Waals surface area contributed by atoms with E-state index in [9.17, 15) is 9.59 Å². The van der Waals surface area contributed by atoms with Gasteiger partial charge >= 0.3 is 6.09 Å². The first kappa shape index (κ1) is 8.19. The van der Waals surface area contributed by atoms with Gasteiger partial charge in [0.15, 0.2) is 0 Å². The van der Waals surface area contributed by atoms with Crippen LogP contribution in [0.1, 0.15) is 0 Å². The van der Waals surface area contributed by atoms with E-state index >= 15 is 0 Å². The molecule has 1 rings (SSSR count). The van der Waals surface area contributed by atoms with Crippen LogP contribution in [0.5, 0.6) is 0 Å². The Morgan fingerprint density at radius 3 is 2.64 bits per heavy atom. The fourth-order valence-corrected chi connectivity index (χ4v) is 2.03. The number of primary amides is 1. The second-order valence-corrected chi connectivity index (χ2v) is 3.17. The third kappa shape index (κ3) is 1.56. The largest absolute Gasteiger partial charge is 0.465 e. The normalized spacial score (nSPS) is 23.6. The molecule has 11 heavy (non-hydrogen) atoms. The topological polar surface area (TPSA) is 83.6 Å². The molecule has 1 aliphatic rings. The fraction of sp³-hybridized carbons (Fsp3) is 0.600. The molecule has 1 aliphatic heterocycles. The maximum atomic E-state index is 10.6. The lowest BCUT2D eigenvalue weighted by atomic mass is 10.3. The number of nitrogens with zero attached hydrogens (tertiary/aromatic N) is 1. The molecule has 5 nitrogen and oxygen atoms in total. The molecule has 0 aromatic carbocycles. The zero-order valence-corrected chi connectivity index (χ0v) is 6.50. The summed E-state index contributed by atoms with van der Waals surface area (Å²) in [5.41, 5.74) is 4.97. The molecule has 0 aromatic heterocycles. The highest BCUT2D eigenvalue weighted by atomic mass is 32.2. The molecule has 0 bridgehead atoms. The van der Waals surface area contributed by atoms with Crippen LogP contribution in [-0.2, 0) is 4.79 Å². The number of carboxylic acid groups (broad SMARTS) is 1. The van der Waals surface area contributed by atoms with Crippen LogP contribution < -0.4 is 5.73 Å². The quantitative estimate of drug-likeness (QED) is 0.565. The minimum atomic E-state index is -1.08. The summed E-state index contributed by atoms with van der Waals surface area (Å²) < 4.78 is 0. The van der Waals surface area contributed by atoms with Crippen molar-refractivity contribution in [1.29, 1.82) is 0 Å². The van der Waals surface area contributed by atoms with Gasteiger partial charge in [-0.15, -0.1) is 11.8 Å². The zero-order valence-electron chi connectivity index (χ0n) is 5.69. The van der Waals surface area contributed by atoms with Crippen LogP contribution in [0.15, 0.2) is 0 Å². The Kier molecular flexibility index (Phi) is 2.23. The summed E-state index contributed by atoms with van der Waals surface area (Å²) >= 11 is 1.39. The summed E-state index contributed by atoms with van der Waals surface area (Å²) in [5.74, 6) is 0.238. The van der Waals surface area contributed by atoms with Gasteiger partial charge in [0, 0.05) is 5.75 Å². The van der Waals surface area contributed by atoms with Crippen molar-refractivity contribution in [2.45, 2.75) is 6.04 Å². The summed E-state index contributed by atoms with van der Waals surface area (Å²) in [5, 5.41) is 8.54. The molecule has 6 heteroatoms. The van der Waals surface area contributed by atoms with Gasteiger partial charge < -0.3 is 10.8 Å². The Labute approximate surface area is 67.5 Å². The fourth-order valence-electron chi connectivity index (χ4n) is 0.867. The molecule has 0 aliphatic carbocycles. The molecular weight excluding hydrogens is 168 g/mol. The number of carbonyl (C=O) groups excluding carboxylic acids is 1. The van der Waals surface area contributed by atoms with E-state index in [1.807, 2.05) is 0 Å². The molecule has 0 aromatic rings. The third-order valence-corrected chi connectivity index (χ3v) is 2.47. The molecule has 0 radical (unpaired) electrons. The third-order valence-electron chi connectivity index (χ3n) is 1.46. The number of amides is 2. The predicted molar refractivity (Wildman–Crippen MR) is 40.2 cm³/mol. The van der Waals surface area contributed by atoms with Crippen molar-refractivity contribution in [2.24, 2.45) is 5.73 Å². The zero-order chi connectivity index (χ0) is 8.43. The number of hydrogen-bond acceptors (Lipinski definition) is 3. The number of rotatable bonds is 1. The summed E-state index contributed by atoms with van der Waals surface area (Å²) in [7, 11) is 0. The van der Waals surface area contributed by atoms with Crippen LogP contribution in [0.25, 0.3) is 0 Å². The van der Waals surface area contributed by atoms with Gasteiger partial charge in [0.25, 0.3) is 0 Å². The maximum Gasteiger partial charge on any atom is 0.408 e. The number of hydrogen-bond donors (Lipinski definition) is 2. The second-order valence-electron chi connectivity index (χ2n) is 2.17. The van der Waals surface area contributed by atoms with Crippen LogP contribution in [0.2, 0.25) is 0 Å². The monoisotopic (exact) mass is 176 g/mol. The van der Waals surface area contributed by atoms with Crippen molar-refractivity contribution in [1.82, 2.24) is 4.90 Å². The van der Waals surface area contributed by atoms with E-state index in [0.717, 1.165) is 4.90 Å². The Balaban J connectivity index is 2.65. The van der Waals surface area contributed by atoms with Gasteiger partial charge in [0.1, 0.15) is 6.04 Å².